The fourth-order valence-electron chi connectivity index (χ4n) is 0.406. The van der Waals surface area contributed by atoms with Gasteiger partial charge in [-0.25, -0.2) is 4.39 Å². The highest BCUT2D eigenvalue weighted by molar-refractivity contribution is 7.52. The van der Waals surface area contributed by atoms with E-state index in [1.165, 1.54) is 0 Å². The van der Waals surface area contributed by atoms with E-state index in [0.717, 1.165) is 0 Å². The van der Waals surface area contributed by atoms with Gasteiger partial charge in [-0.3, -0.25) is 9.36 Å². The third-order valence-electron chi connectivity index (χ3n) is 0.942. The Bertz CT molecular complexity index is 191. The maximum atomic E-state index is 11.6. The number of rotatable bonds is 4. The van der Waals surface area contributed by atoms with Crippen LogP contribution in [0.4, 0.5) is 4.39 Å². The number of nitrogens with two attached hydrogens (primary N) is 1. The Morgan fingerprint density at radius 3 is 2.36 bits per heavy atom. The number of alkyl halides is 1. The second kappa shape index (κ2) is 3.92. The SMILES string of the molecule is N[C@@H](CF)C(=O)CP(=O)(O)O. The predicted octanol–water partition coefficient (Wildman–Crippen LogP) is -0.970. The Labute approximate surface area is 62.6 Å². The van der Waals surface area contributed by atoms with E-state index in [1.807, 2.05) is 0 Å². The molecule has 0 aromatic heterocycles. The number of hydrogen-bond donors (Lipinski definition) is 3. The van der Waals surface area contributed by atoms with Crippen molar-refractivity contribution in [2.45, 2.75) is 6.04 Å². The van der Waals surface area contributed by atoms with Gasteiger partial charge in [0.25, 0.3) is 0 Å². The summed E-state index contributed by atoms with van der Waals surface area (Å²) in [7, 11) is -4.39. The quantitative estimate of drug-likeness (QED) is 0.489. The van der Waals surface area contributed by atoms with Gasteiger partial charge in [-0.2, -0.15) is 0 Å². The fraction of sp³-hybridized carbons (Fsp3) is 0.750. The highest BCUT2D eigenvalue weighted by Gasteiger charge is 2.23. The molecular formula is C4H9FNO4P. The van der Waals surface area contributed by atoms with Crippen LogP contribution >= 0.6 is 7.60 Å². The van der Waals surface area contributed by atoms with E-state index < -0.39 is 32.3 Å². The monoisotopic (exact) mass is 185 g/mol. The molecule has 4 N–H and O–H groups in total. The summed E-state index contributed by atoms with van der Waals surface area (Å²) in [5.41, 5.74) is 4.86. The van der Waals surface area contributed by atoms with Crippen molar-refractivity contribution in [3.05, 3.63) is 0 Å². The molecule has 0 radical (unpaired) electrons. The Morgan fingerprint density at radius 1 is 1.64 bits per heavy atom. The van der Waals surface area contributed by atoms with Gasteiger partial charge < -0.3 is 15.5 Å². The molecule has 0 bridgehead atoms. The van der Waals surface area contributed by atoms with E-state index >= 15 is 0 Å². The van der Waals surface area contributed by atoms with Gasteiger partial charge in [-0.05, 0) is 0 Å². The lowest BCUT2D eigenvalue weighted by Gasteiger charge is -2.06. The molecule has 0 amide bonds. The first kappa shape index (κ1) is 10.7. The first-order chi connectivity index (χ1) is 4.87. The molecule has 5 nitrogen and oxygen atoms in total. The molecule has 0 fully saturated rings. The molecular weight excluding hydrogens is 176 g/mol. The van der Waals surface area contributed by atoms with Crippen molar-refractivity contribution >= 4 is 13.4 Å². The summed E-state index contributed by atoms with van der Waals surface area (Å²) >= 11 is 0. The number of halogens is 1. The summed E-state index contributed by atoms with van der Waals surface area (Å²) in [4.78, 5) is 27.0. The molecule has 0 saturated heterocycles. The van der Waals surface area contributed by atoms with E-state index in [0.29, 0.717) is 0 Å². The number of Topliss-reactive ketones (excluding diaryl/α,β-unsaturated/α-hetero) is 1. The molecule has 11 heavy (non-hydrogen) atoms. The molecule has 1 atom stereocenters. The van der Waals surface area contributed by atoms with Crippen molar-refractivity contribution in [3.8, 4) is 0 Å². The molecule has 0 unspecified atom stereocenters. The van der Waals surface area contributed by atoms with Crippen LogP contribution in [0.5, 0.6) is 0 Å². The number of hydrogen-bond acceptors (Lipinski definition) is 3. The summed E-state index contributed by atoms with van der Waals surface area (Å²) in [6.45, 7) is -1.10. The van der Waals surface area contributed by atoms with E-state index in [9.17, 15) is 13.8 Å². The van der Waals surface area contributed by atoms with Crippen LogP contribution in [0.1, 0.15) is 0 Å². The standard InChI is InChI=1S/C4H9FNO4P/c5-1-3(6)4(7)2-11(8,9)10/h3H,1-2,6H2,(H2,8,9,10)/t3-/m0/s1. The van der Waals surface area contributed by atoms with Gasteiger partial charge >= 0.3 is 7.60 Å². The zero-order valence-corrected chi connectivity index (χ0v) is 6.50. The van der Waals surface area contributed by atoms with Gasteiger partial charge in [-0.15, -0.1) is 0 Å². The minimum Gasteiger partial charge on any atom is -0.324 e. The molecule has 7 heteroatoms. The zero-order valence-electron chi connectivity index (χ0n) is 5.61. The van der Waals surface area contributed by atoms with Crippen LogP contribution in [0, 0.1) is 0 Å². The van der Waals surface area contributed by atoms with E-state index in [4.69, 9.17) is 15.5 Å². The molecule has 0 aliphatic carbocycles. The lowest BCUT2D eigenvalue weighted by molar-refractivity contribution is -0.118. The van der Waals surface area contributed by atoms with Gasteiger partial charge in [0.2, 0.25) is 0 Å². The average Bonchev–Trinajstić information content (AvgIpc) is 1.82. The molecule has 0 saturated carbocycles. The summed E-state index contributed by atoms with van der Waals surface area (Å²) in [6.07, 6.45) is -0.988. The van der Waals surface area contributed by atoms with Gasteiger partial charge in [0.05, 0.1) is 6.04 Å². The maximum absolute atomic E-state index is 11.6. The van der Waals surface area contributed by atoms with Crippen LogP contribution in [0.25, 0.3) is 0 Å². The smallest absolute Gasteiger partial charge is 0.324 e. The lowest BCUT2D eigenvalue weighted by Crippen LogP contribution is -2.34. The van der Waals surface area contributed by atoms with Gasteiger partial charge in [0.1, 0.15) is 12.8 Å². The summed E-state index contributed by atoms with van der Waals surface area (Å²) in [6, 6.07) is -1.41. The third kappa shape index (κ3) is 5.03. The van der Waals surface area contributed by atoms with Crippen molar-refractivity contribution in [2.24, 2.45) is 5.73 Å². The van der Waals surface area contributed by atoms with E-state index in [2.05, 4.69) is 0 Å². The normalized spacial score (nSPS) is 14.5. The molecule has 66 valence electrons. The summed E-state index contributed by atoms with van der Waals surface area (Å²) in [5, 5.41) is 0. The van der Waals surface area contributed by atoms with Crippen LogP contribution in [0.3, 0.4) is 0 Å². The van der Waals surface area contributed by atoms with Crippen molar-refractivity contribution < 1.29 is 23.5 Å². The second-order valence-electron chi connectivity index (χ2n) is 2.05. The number of carbonyl (C=O) groups is 1. The Morgan fingerprint density at radius 2 is 2.09 bits per heavy atom. The van der Waals surface area contributed by atoms with Gasteiger partial charge in [-0.1, -0.05) is 0 Å². The average molecular weight is 185 g/mol. The summed E-state index contributed by atoms with van der Waals surface area (Å²) < 4.78 is 21.8. The molecule has 0 rings (SSSR count). The minimum atomic E-state index is -4.39. The Balaban J connectivity index is 3.99. The Hall–Kier alpha value is -0.290. The van der Waals surface area contributed by atoms with Crippen molar-refractivity contribution in [1.82, 2.24) is 0 Å². The molecule has 0 aromatic rings. The maximum Gasteiger partial charge on any atom is 0.332 e. The summed E-state index contributed by atoms with van der Waals surface area (Å²) in [5.74, 6) is -0.958. The predicted molar refractivity (Wildman–Crippen MR) is 35.9 cm³/mol. The first-order valence-electron chi connectivity index (χ1n) is 2.75. The topological polar surface area (TPSA) is 101 Å². The zero-order chi connectivity index (χ0) is 9.07. The highest BCUT2D eigenvalue weighted by Crippen LogP contribution is 2.33. The second-order valence-corrected chi connectivity index (χ2v) is 3.70. The highest BCUT2D eigenvalue weighted by atomic mass is 31.2. The van der Waals surface area contributed by atoms with E-state index in [-0.39, 0.29) is 0 Å². The largest absolute Gasteiger partial charge is 0.332 e. The number of carbonyl (C=O) groups excluding carboxylic acids is 1. The lowest BCUT2D eigenvalue weighted by atomic mass is 10.2. The van der Waals surface area contributed by atoms with Crippen LogP contribution < -0.4 is 5.73 Å². The van der Waals surface area contributed by atoms with Crippen LogP contribution in [-0.2, 0) is 9.36 Å². The van der Waals surface area contributed by atoms with E-state index in [1.54, 1.807) is 0 Å². The Kier molecular flexibility index (Phi) is 3.82. The number of ketones is 1. The van der Waals surface area contributed by atoms with Crippen molar-refractivity contribution in [2.75, 3.05) is 12.8 Å². The fourth-order valence-corrected chi connectivity index (χ4v) is 1.05. The molecule has 0 aromatic carbocycles. The molecule has 0 aliphatic heterocycles. The van der Waals surface area contributed by atoms with Gasteiger partial charge in [0.15, 0.2) is 5.78 Å². The van der Waals surface area contributed by atoms with Crippen LogP contribution in [0.15, 0.2) is 0 Å². The first-order valence-corrected chi connectivity index (χ1v) is 4.55. The van der Waals surface area contributed by atoms with Gasteiger partial charge in [0, 0.05) is 0 Å². The third-order valence-corrected chi connectivity index (χ3v) is 1.67. The minimum absolute atomic E-state index is 0.958. The molecule has 0 heterocycles. The van der Waals surface area contributed by atoms with Crippen molar-refractivity contribution in [3.63, 3.8) is 0 Å². The van der Waals surface area contributed by atoms with Crippen molar-refractivity contribution in [1.29, 1.82) is 0 Å². The molecule has 0 spiro atoms. The van der Waals surface area contributed by atoms with Crippen LogP contribution in [-0.4, -0.2) is 34.4 Å². The van der Waals surface area contributed by atoms with Crippen LogP contribution in [0.2, 0.25) is 0 Å². The molecule has 0 aliphatic rings.